The Morgan fingerprint density at radius 3 is 2.65 bits per heavy atom. The molecule has 1 aliphatic rings. The van der Waals surface area contributed by atoms with Gasteiger partial charge in [-0.2, -0.15) is 13.2 Å². The van der Waals surface area contributed by atoms with Crippen LogP contribution in [0.4, 0.5) is 13.2 Å². The van der Waals surface area contributed by atoms with Crippen LogP contribution < -0.4 is 0 Å². The Morgan fingerprint density at radius 2 is 2.06 bits per heavy atom. The second-order valence-corrected chi connectivity index (χ2v) is 4.17. The highest BCUT2D eigenvalue weighted by Gasteiger charge is 2.39. The summed E-state index contributed by atoms with van der Waals surface area (Å²) >= 11 is 0. The first kappa shape index (κ1) is 12.3. The smallest absolute Gasteiger partial charge is 0.392 e. The van der Waals surface area contributed by atoms with Crippen LogP contribution in [0.2, 0.25) is 0 Å². The predicted molar refractivity (Wildman–Crippen MR) is 52.0 cm³/mol. The molecule has 0 aliphatic carbocycles. The Balaban J connectivity index is 2.16. The minimum absolute atomic E-state index is 0.198. The Hall–Kier alpha value is -1.15. The van der Waals surface area contributed by atoms with E-state index < -0.39 is 18.1 Å². The average Bonchev–Trinajstić information content (AvgIpc) is 2.58. The van der Waals surface area contributed by atoms with Crippen LogP contribution in [-0.4, -0.2) is 44.0 Å². The van der Waals surface area contributed by atoms with Crippen molar-refractivity contribution in [2.45, 2.75) is 32.3 Å². The number of alkyl halides is 3. The van der Waals surface area contributed by atoms with E-state index in [1.807, 2.05) is 4.90 Å². The molecule has 1 aromatic rings. The number of β-amino-alcohol motifs (C(OH)–C–C–N with tert-alkyl or cyclic N) is 1. The number of rotatable bonds is 2. The topological polar surface area (TPSA) is 54.2 Å². The molecule has 0 aromatic carbocycles. The minimum Gasteiger partial charge on any atom is -0.392 e. The number of aromatic nitrogens is 3. The Labute approximate surface area is 95.9 Å². The highest BCUT2D eigenvalue weighted by Crippen LogP contribution is 2.29. The van der Waals surface area contributed by atoms with E-state index in [1.165, 1.54) is 0 Å². The summed E-state index contributed by atoms with van der Waals surface area (Å²) in [6.45, 7) is 3.01. The van der Waals surface area contributed by atoms with Gasteiger partial charge in [-0.15, -0.1) is 10.2 Å². The molecule has 0 saturated carbocycles. The number of aliphatic hydroxyl groups is 1. The molecule has 0 radical (unpaired) electrons. The molecule has 96 valence electrons. The van der Waals surface area contributed by atoms with Gasteiger partial charge in [0.2, 0.25) is 5.82 Å². The number of hydrogen-bond acceptors (Lipinski definition) is 4. The van der Waals surface area contributed by atoms with Crippen LogP contribution >= 0.6 is 0 Å². The molecule has 0 bridgehead atoms. The Bertz CT molecular complexity index is 401. The van der Waals surface area contributed by atoms with Crippen LogP contribution in [0.15, 0.2) is 0 Å². The van der Waals surface area contributed by atoms with Crippen molar-refractivity contribution in [3.63, 3.8) is 0 Å². The Kier molecular flexibility index (Phi) is 3.09. The fraction of sp³-hybridized carbons (Fsp3) is 0.778. The molecule has 0 spiro atoms. The molecule has 5 nitrogen and oxygen atoms in total. The molecule has 2 heterocycles. The van der Waals surface area contributed by atoms with E-state index in [4.69, 9.17) is 0 Å². The molecule has 1 aliphatic heterocycles. The van der Waals surface area contributed by atoms with Crippen LogP contribution in [0.25, 0.3) is 0 Å². The summed E-state index contributed by atoms with van der Waals surface area (Å²) < 4.78 is 38.7. The molecule has 0 saturated heterocycles. The summed E-state index contributed by atoms with van der Waals surface area (Å²) in [5.41, 5.74) is 0. The zero-order chi connectivity index (χ0) is 12.6. The lowest BCUT2D eigenvalue weighted by atomic mass is 10.3. The summed E-state index contributed by atoms with van der Waals surface area (Å²) in [4.78, 5) is 1.86. The summed E-state index contributed by atoms with van der Waals surface area (Å²) in [5.74, 6) is -0.645. The normalized spacial score (nSPS) is 19.1. The first-order valence-electron chi connectivity index (χ1n) is 5.27. The van der Waals surface area contributed by atoms with Crippen LogP contribution in [-0.2, 0) is 19.3 Å². The lowest BCUT2D eigenvalue weighted by Crippen LogP contribution is -2.38. The second-order valence-electron chi connectivity index (χ2n) is 4.17. The van der Waals surface area contributed by atoms with Gasteiger partial charge in [0.1, 0.15) is 5.82 Å². The van der Waals surface area contributed by atoms with Gasteiger partial charge in [0.25, 0.3) is 0 Å². The molecule has 0 amide bonds. The zero-order valence-corrected chi connectivity index (χ0v) is 9.28. The fourth-order valence-electron chi connectivity index (χ4n) is 1.95. The van der Waals surface area contributed by atoms with Gasteiger partial charge in [-0.1, -0.05) is 0 Å². The van der Waals surface area contributed by atoms with Gasteiger partial charge in [0.15, 0.2) is 0 Å². The molecule has 0 fully saturated rings. The molecular weight excluding hydrogens is 237 g/mol. The third-order valence-electron chi connectivity index (χ3n) is 2.61. The lowest BCUT2D eigenvalue weighted by molar-refractivity contribution is -0.148. The van der Waals surface area contributed by atoms with E-state index in [1.54, 1.807) is 6.92 Å². The van der Waals surface area contributed by atoms with Crippen molar-refractivity contribution in [3.8, 4) is 0 Å². The molecule has 2 rings (SSSR count). The van der Waals surface area contributed by atoms with E-state index in [9.17, 15) is 18.3 Å². The average molecular weight is 250 g/mol. The van der Waals surface area contributed by atoms with Gasteiger partial charge in [0.05, 0.1) is 12.6 Å². The molecule has 8 heteroatoms. The second kappa shape index (κ2) is 4.26. The summed E-state index contributed by atoms with van der Waals surface area (Å²) in [6.07, 6.45) is -4.97. The van der Waals surface area contributed by atoms with E-state index in [2.05, 4.69) is 10.2 Å². The maximum absolute atomic E-state index is 12.5. The van der Waals surface area contributed by atoms with Crippen LogP contribution in [0.1, 0.15) is 18.6 Å². The summed E-state index contributed by atoms with van der Waals surface area (Å²) in [7, 11) is 0. The standard InChI is InChI=1S/C9H13F3N4O/c1-6(17)4-15-2-3-16-7(5-15)13-14-8(16)9(10,11)12/h6,17H,2-5H2,1H3/t6-/m1/s1. The van der Waals surface area contributed by atoms with Crippen molar-refractivity contribution < 1.29 is 18.3 Å². The first-order valence-corrected chi connectivity index (χ1v) is 5.27. The number of fused-ring (bicyclic) bond motifs is 1. The molecule has 1 atom stereocenters. The largest absolute Gasteiger partial charge is 0.451 e. The lowest BCUT2D eigenvalue weighted by Gasteiger charge is -2.28. The van der Waals surface area contributed by atoms with Gasteiger partial charge in [0, 0.05) is 19.6 Å². The van der Waals surface area contributed by atoms with Gasteiger partial charge in [-0.05, 0) is 6.92 Å². The van der Waals surface area contributed by atoms with E-state index in [-0.39, 0.29) is 13.1 Å². The van der Waals surface area contributed by atoms with Crippen molar-refractivity contribution in [2.75, 3.05) is 13.1 Å². The first-order chi connectivity index (χ1) is 7.88. The van der Waals surface area contributed by atoms with Gasteiger partial charge >= 0.3 is 6.18 Å². The van der Waals surface area contributed by atoms with E-state index in [0.717, 1.165) is 4.57 Å². The quantitative estimate of drug-likeness (QED) is 0.830. The number of hydrogen-bond donors (Lipinski definition) is 1. The van der Waals surface area contributed by atoms with Crippen LogP contribution in [0, 0.1) is 0 Å². The van der Waals surface area contributed by atoms with Gasteiger partial charge in [-0.25, -0.2) is 0 Å². The van der Waals surface area contributed by atoms with Crippen LogP contribution in [0.3, 0.4) is 0 Å². The maximum Gasteiger partial charge on any atom is 0.451 e. The van der Waals surface area contributed by atoms with E-state index >= 15 is 0 Å². The highest BCUT2D eigenvalue weighted by molar-refractivity contribution is 5.02. The number of aliphatic hydroxyl groups excluding tert-OH is 1. The minimum atomic E-state index is -4.46. The summed E-state index contributed by atoms with van der Waals surface area (Å²) in [5, 5.41) is 16.0. The van der Waals surface area contributed by atoms with Crippen molar-refractivity contribution in [2.24, 2.45) is 0 Å². The van der Waals surface area contributed by atoms with Crippen LogP contribution in [0.5, 0.6) is 0 Å². The van der Waals surface area contributed by atoms with Gasteiger partial charge in [-0.3, -0.25) is 4.90 Å². The predicted octanol–water partition coefficient (Wildman–Crippen LogP) is 0.493. The van der Waals surface area contributed by atoms with E-state index in [0.29, 0.717) is 18.9 Å². The molecular formula is C9H13F3N4O. The molecule has 17 heavy (non-hydrogen) atoms. The van der Waals surface area contributed by atoms with Crippen molar-refractivity contribution in [1.29, 1.82) is 0 Å². The third kappa shape index (κ3) is 2.58. The zero-order valence-electron chi connectivity index (χ0n) is 9.28. The molecule has 0 unspecified atom stereocenters. The molecule has 1 N–H and O–H groups in total. The van der Waals surface area contributed by atoms with Crippen molar-refractivity contribution >= 4 is 0 Å². The monoisotopic (exact) mass is 250 g/mol. The molecule has 1 aromatic heterocycles. The van der Waals surface area contributed by atoms with Gasteiger partial charge < -0.3 is 9.67 Å². The fourth-order valence-corrected chi connectivity index (χ4v) is 1.95. The maximum atomic E-state index is 12.5. The SMILES string of the molecule is C[C@@H](O)CN1CCn2c(nnc2C(F)(F)F)C1. The number of nitrogens with zero attached hydrogens (tertiary/aromatic N) is 4. The van der Waals surface area contributed by atoms with Crippen molar-refractivity contribution in [1.82, 2.24) is 19.7 Å². The van der Waals surface area contributed by atoms with Crippen molar-refractivity contribution in [3.05, 3.63) is 11.6 Å². The third-order valence-corrected chi connectivity index (χ3v) is 2.61. The Morgan fingerprint density at radius 1 is 1.35 bits per heavy atom. The highest BCUT2D eigenvalue weighted by atomic mass is 19.4. The summed E-state index contributed by atoms with van der Waals surface area (Å²) in [6, 6.07) is 0. The number of halogens is 3.